The van der Waals surface area contributed by atoms with Gasteiger partial charge in [0.25, 0.3) is 0 Å². The molecule has 0 bridgehead atoms. The van der Waals surface area contributed by atoms with Crippen LogP contribution in [0.2, 0.25) is 0 Å². The summed E-state index contributed by atoms with van der Waals surface area (Å²) < 4.78 is 0. The van der Waals surface area contributed by atoms with Crippen LogP contribution in [-0.2, 0) is 4.79 Å². The summed E-state index contributed by atoms with van der Waals surface area (Å²) in [6, 6.07) is 0.784. The highest BCUT2D eigenvalue weighted by molar-refractivity contribution is 5.81. The van der Waals surface area contributed by atoms with Crippen LogP contribution in [-0.4, -0.2) is 24.0 Å². The lowest BCUT2D eigenvalue weighted by Crippen LogP contribution is -2.49. The minimum atomic E-state index is -0.0684. The molecule has 0 radical (unpaired) electrons. The van der Waals surface area contributed by atoms with Crippen molar-refractivity contribution in [2.24, 2.45) is 5.92 Å². The Morgan fingerprint density at radius 3 is 2.41 bits per heavy atom. The molecule has 3 atom stereocenters. The Balaban J connectivity index is 2.35. The Kier molecular flexibility index (Phi) is 5.96. The molecule has 0 aromatic rings. The molecule has 0 spiro atoms. The van der Waals surface area contributed by atoms with Gasteiger partial charge in [-0.2, -0.15) is 0 Å². The molecular weight excluding hydrogens is 212 g/mol. The molecule has 3 nitrogen and oxygen atoms in total. The van der Waals surface area contributed by atoms with E-state index in [1.54, 1.807) is 0 Å². The molecule has 3 heteroatoms. The maximum absolute atomic E-state index is 12.0. The van der Waals surface area contributed by atoms with Gasteiger partial charge in [-0.1, -0.05) is 27.2 Å². The van der Waals surface area contributed by atoms with Crippen LogP contribution in [0.4, 0.5) is 0 Å². The number of carbonyl (C=O) groups excluding carboxylic acids is 1. The Morgan fingerprint density at radius 2 is 1.94 bits per heavy atom. The molecule has 1 saturated carbocycles. The van der Waals surface area contributed by atoms with Gasteiger partial charge < -0.3 is 10.6 Å². The summed E-state index contributed by atoms with van der Waals surface area (Å²) in [4.78, 5) is 12.0. The normalized spacial score (nSPS) is 26.2. The van der Waals surface area contributed by atoms with Crippen LogP contribution in [0.1, 0.15) is 59.8 Å². The lowest BCUT2D eigenvalue weighted by atomic mass is 10.1. The third-order valence-electron chi connectivity index (χ3n) is 4.05. The smallest absolute Gasteiger partial charge is 0.237 e. The van der Waals surface area contributed by atoms with Gasteiger partial charge in [0, 0.05) is 12.1 Å². The molecular formula is C14H28N2O. The van der Waals surface area contributed by atoms with Gasteiger partial charge in [0.1, 0.15) is 0 Å². The first kappa shape index (κ1) is 14.5. The maximum Gasteiger partial charge on any atom is 0.237 e. The minimum Gasteiger partial charge on any atom is -0.352 e. The van der Waals surface area contributed by atoms with E-state index in [1.807, 2.05) is 6.92 Å². The number of amides is 1. The van der Waals surface area contributed by atoms with E-state index in [0.29, 0.717) is 18.0 Å². The molecule has 0 aromatic heterocycles. The number of carbonyl (C=O) groups is 1. The fraction of sp³-hybridized carbons (Fsp3) is 0.929. The van der Waals surface area contributed by atoms with Crippen molar-refractivity contribution >= 4 is 5.91 Å². The number of rotatable bonds is 6. The van der Waals surface area contributed by atoms with Gasteiger partial charge in [0.05, 0.1) is 6.04 Å². The van der Waals surface area contributed by atoms with Crippen LogP contribution >= 0.6 is 0 Å². The Labute approximate surface area is 106 Å². The summed E-state index contributed by atoms with van der Waals surface area (Å²) in [5.74, 6) is 0.858. The number of hydrogen-bond donors (Lipinski definition) is 2. The molecule has 0 aliphatic heterocycles. The largest absolute Gasteiger partial charge is 0.352 e. The number of nitrogens with one attached hydrogen (secondary N) is 2. The number of hydrogen-bond acceptors (Lipinski definition) is 2. The lowest BCUT2D eigenvalue weighted by Gasteiger charge is -2.24. The molecule has 1 aliphatic rings. The molecule has 100 valence electrons. The first-order valence-corrected chi connectivity index (χ1v) is 7.14. The molecule has 2 N–H and O–H groups in total. The molecule has 3 unspecified atom stereocenters. The van der Waals surface area contributed by atoms with Crippen molar-refractivity contribution in [3.63, 3.8) is 0 Å². The summed E-state index contributed by atoms with van der Waals surface area (Å²) in [6.45, 7) is 8.48. The monoisotopic (exact) mass is 240 g/mol. The van der Waals surface area contributed by atoms with E-state index >= 15 is 0 Å². The first-order valence-electron chi connectivity index (χ1n) is 7.14. The third-order valence-corrected chi connectivity index (χ3v) is 4.05. The highest BCUT2D eigenvalue weighted by Crippen LogP contribution is 2.25. The van der Waals surface area contributed by atoms with E-state index in [-0.39, 0.29) is 11.9 Å². The Morgan fingerprint density at radius 1 is 1.29 bits per heavy atom. The minimum absolute atomic E-state index is 0.0684. The Bertz CT molecular complexity index is 238. The van der Waals surface area contributed by atoms with Gasteiger partial charge >= 0.3 is 0 Å². The predicted octanol–water partition coefficient (Wildman–Crippen LogP) is 2.46. The maximum atomic E-state index is 12.0. The zero-order valence-corrected chi connectivity index (χ0v) is 11.8. The molecule has 1 rings (SSSR count). The van der Waals surface area contributed by atoms with Crippen molar-refractivity contribution in [1.29, 1.82) is 0 Å². The van der Waals surface area contributed by atoms with Crippen molar-refractivity contribution < 1.29 is 4.79 Å². The summed E-state index contributed by atoms with van der Waals surface area (Å²) in [5.41, 5.74) is 0. The molecule has 0 aromatic carbocycles. The van der Waals surface area contributed by atoms with Crippen LogP contribution in [0.5, 0.6) is 0 Å². The van der Waals surface area contributed by atoms with E-state index < -0.39 is 0 Å². The van der Waals surface area contributed by atoms with Crippen molar-refractivity contribution in [1.82, 2.24) is 10.6 Å². The van der Waals surface area contributed by atoms with E-state index in [1.165, 1.54) is 19.3 Å². The third kappa shape index (κ3) is 4.30. The van der Waals surface area contributed by atoms with Gasteiger partial charge in [-0.25, -0.2) is 0 Å². The predicted molar refractivity (Wildman–Crippen MR) is 71.9 cm³/mol. The molecule has 1 amide bonds. The van der Waals surface area contributed by atoms with Crippen LogP contribution in [0.25, 0.3) is 0 Å². The van der Waals surface area contributed by atoms with E-state index in [2.05, 4.69) is 31.4 Å². The fourth-order valence-corrected chi connectivity index (χ4v) is 2.61. The van der Waals surface area contributed by atoms with Gasteiger partial charge in [0.2, 0.25) is 5.91 Å². The highest BCUT2D eigenvalue weighted by atomic mass is 16.2. The van der Waals surface area contributed by atoms with Gasteiger partial charge in [0.15, 0.2) is 0 Å². The summed E-state index contributed by atoms with van der Waals surface area (Å²) >= 11 is 0. The van der Waals surface area contributed by atoms with Crippen LogP contribution < -0.4 is 10.6 Å². The van der Waals surface area contributed by atoms with Gasteiger partial charge in [-0.3, -0.25) is 4.79 Å². The molecule has 1 fully saturated rings. The summed E-state index contributed by atoms with van der Waals surface area (Å²) in [5, 5.41) is 6.57. The van der Waals surface area contributed by atoms with Crippen LogP contribution in [0, 0.1) is 5.92 Å². The lowest BCUT2D eigenvalue weighted by molar-refractivity contribution is -0.123. The standard InChI is InChI=1S/C14H28N2O/c1-5-12(6-2)16-14(17)11(4)15-13-9-7-8-10(13)3/h10-13,15H,5-9H2,1-4H3,(H,16,17). The van der Waals surface area contributed by atoms with E-state index in [0.717, 1.165) is 12.8 Å². The zero-order valence-electron chi connectivity index (χ0n) is 11.8. The first-order chi connectivity index (χ1) is 8.08. The van der Waals surface area contributed by atoms with E-state index in [9.17, 15) is 4.79 Å². The fourth-order valence-electron chi connectivity index (χ4n) is 2.61. The van der Waals surface area contributed by atoms with Crippen LogP contribution in [0.15, 0.2) is 0 Å². The van der Waals surface area contributed by atoms with Gasteiger partial charge in [-0.05, 0) is 38.5 Å². The SMILES string of the molecule is CCC(CC)NC(=O)C(C)NC1CCCC1C. The Hall–Kier alpha value is -0.570. The average molecular weight is 240 g/mol. The van der Waals surface area contributed by atoms with Crippen molar-refractivity contribution in [2.45, 2.75) is 77.9 Å². The highest BCUT2D eigenvalue weighted by Gasteiger charge is 2.26. The second-order valence-corrected chi connectivity index (χ2v) is 5.43. The van der Waals surface area contributed by atoms with Gasteiger partial charge in [-0.15, -0.1) is 0 Å². The van der Waals surface area contributed by atoms with E-state index in [4.69, 9.17) is 0 Å². The average Bonchev–Trinajstić information content (AvgIpc) is 2.71. The van der Waals surface area contributed by atoms with Crippen molar-refractivity contribution in [3.05, 3.63) is 0 Å². The van der Waals surface area contributed by atoms with Crippen molar-refractivity contribution in [2.75, 3.05) is 0 Å². The zero-order chi connectivity index (χ0) is 12.8. The second-order valence-electron chi connectivity index (χ2n) is 5.43. The van der Waals surface area contributed by atoms with Crippen LogP contribution in [0.3, 0.4) is 0 Å². The summed E-state index contributed by atoms with van der Waals surface area (Å²) in [7, 11) is 0. The quantitative estimate of drug-likeness (QED) is 0.749. The molecule has 17 heavy (non-hydrogen) atoms. The second kappa shape index (κ2) is 7.00. The molecule has 0 saturated heterocycles. The molecule has 0 heterocycles. The van der Waals surface area contributed by atoms with Crippen molar-refractivity contribution in [3.8, 4) is 0 Å². The topological polar surface area (TPSA) is 41.1 Å². The molecule has 1 aliphatic carbocycles. The summed E-state index contributed by atoms with van der Waals surface area (Å²) in [6.07, 6.45) is 5.81.